The first-order valence-corrected chi connectivity index (χ1v) is 7.96. The van der Waals surface area contributed by atoms with Crippen molar-refractivity contribution in [3.8, 4) is 0 Å². The highest BCUT2D eigenvalue weighted by Gasteiger charge is 2.23. The highest BCUT2D eigenvalue weighted by atomic mass is 35.5. The van der Waals surface area contributed by atoms with Crippen molar-refractivity contribution in [2.75, 3.05) is 26.2 Å². The van der Waals surface area contributed by atoms with E-state index in [0.29, 0.717) is 5.84 Å². The maximum absolute atomic E-state index is 12.2. The van der Waals surface area contributed by atoms with E-state index >= 15 is 0 Å². The summed E-state index contributed by atoms with van der Waals surface area (Å²) >= 11 is 12.0. The van der Waals surface area contributed by atoms with Crippen LogP contribution in [0.1, 0.15) is 38.5 Å². The van der Waals surface area contributed by atoms with Gasteiger partial charge in [-0.1, -0.05) is 23.2 Å². The Kier molecular flexibility index (Phi) is 5.76. The molecular weight excluding hydrogens is 285 g/mol. The molecule has 0 aromatic carbocycles. The number of hydrogen-bond donors (Lipinski definition) is 0. The molecule has 2 fully saturated rings. The summed E-state index contributed by atoms with van der Waals surface area (Å²) in [5.74, 6) is 0.526. The molecule has 0 unspecified atom stereocenters. The summed E-state index contributed by atoms with van der Waals surface area (Å²) in [4.78, 5) is 19.5. The minimum absolute atomic E-state index is 0.188. The SMILES string of the molecule is O=C(N=C(C(Cl)Cl)N1CCCCC1)N1CCCCC1. The number of halogens is 2. The average Bonchev–Trinajstić information content (AvgIpc) is 2.46. The van der Waals surface area contributed by atoms with Crippen molar-refractivity contribution >= 4 is 35.1 Å². The molecule has 108 valence electrons. The molecule has 2 heterocycles. The van der Waals surface area contributed by atoms with Gasteiger partial charge in [0.1, 0.15) is 5.84 Å². The largest absolute Gasteiger partial charge is 0.358 e. The molecule has 6 heteroatoms. The Hall–Kier alpha value is -0.480. The van der Waals surface area contributed by atoms with E-state index in [1.807, 2.05) is 0 Å². The lowest BCUT2D eigenvalue weighted by Crippen LogP contribution is -2.41. The first-order valence-electron chi connectivity index (χ1n) is 7.09. The molecule has 2 aliphatic heterocycles. The van der Waals surface area contributed by atoms with E-state index in [9.17, 15) is 4.79 Å². The van der Waals surface area contributed by atoms with Gasteiger partial charge in [0, 0.05) is 26.2 Å². The maximum Gasteiger partial charge on any atom is 0.345 e. The van der Waals surface area contributed by atoms with Crippen LogP contribution in [0.3, 0.4) is 0 Å². The van der Waals surface area contributed by atoms with Gasteiger partial charge >= 0.3 is 6.03 Å². The van der Waals surface area contributed by atoms with Crippen molar-refractivity contribution < 1.29 is 4.79 Å². The van der Waals surface area contributed by atoms with E-state index in [-0.39, 0.29) is 6.03 Å². The van der Waals surface area contributed by atoms with Crippen molar-refractivity contribution in [3.05, 3.63) is 0 Å². The molecule has 0 saturated carbocycles. The summed E-state index contributed by atoms with van der Waals surface area (Å²) in [6, 6.07) is -0.188. The van der Waals surface area contributed by atoms with Crippen molar-refractivity contribution in [2.24, 2.45) is 4.99 Å². The highest BCUT2D eigenvalue weighted by molar-refractivity contribution is 6.54. The predicted octanol–water partition coefficient (Wildman–Crippen LogP) is 3.28. The van der Waals surface area contributed by atoms with Crippen LogP contribution in [0.2, 0.25) is 0 Å². The number of carbonyl (C=O) groups excluding carboxylic acids is 1. The predicted molar refractivity (Wildman–Crippen MR) is 79.2 cm³/mol. The van der Waals surface area contributed by atoms with Crippen LogP contribution in [-0.2, 0) is 0 Å². The third-order valence-electron chi connectivity index (χ3n) is 3.71. The molecule has 0 atom stereocenters. The van der Waals surface area contributed by atoms with Crippen LogP contribution >= 0.6 is 23.2 Å². The molecule has 2 aliphatic rings. The van der Waals surface area contributed by atoms with Crippen LogP contribution in [0.5, 0.6) is 0 Å². The summed E-state index contributed by atoms with van der Waals surface area (Å²) in [6.07, 6.45) is 6.75. The van der Waals surface area contributed by atoms with Gasteiger partial charge in [-0.15, -0.1) is 0 Å². The first-order chi connectivity index (χ1) is 9.18. The number of hydrogen-bond acceptors (Lipinski definition) is 1. The van der Waals surface area contributed by atoms with Crippen molar-refractivity contribution in [1.29, 1.82) is 0 Å². The number of rotatable bonds is 1. The van der Waals surface area contributed by atoms with Gasteiger partial charge in [0.25, 0.3) is 0 Å². The van der Waals surface area contributed by atoms with Gasteiger partial charge in [0.2, 0.25) is 0 Å². The van der Waals surface area contributed by atoms with Crippen molar-refractivity contribution in [2.45, 2.75) is 43.4 Å². The van der Waals surface area contributed by atoms with E-state index in [1.54, 1.807) is 4.90 Å². The lowest BCUT2D eigenvalue weighted by molar-refractivity contribution is 0.195. The van der Waals surface area contributed by atoms with E-state index < -0.39 is 4.84 Å². The van der Waals surface area contributed by atoms with Gasteiger partial charge in [0.15, 0.2) is 4.84 Å². The van der Waals surface area contributed by atoms with Gasteiger partial charge in [-0.3, -0.25) is 0 Å². The minimum Gasteiger partial charge on any atom is -0.358 e. The third kappa shape index (κ3) is 4.25. The lowest BCUT2D eigenvalue weighted by atomic mass is 10.1. The van der Waals surface area contributed by atoms with Crippen molar-refractivity contribution in [1.82, 2.24) is 9.80 Å². The Bertz CT molecular complexity index is 335. The first kappa shape index (κ1) is 14.9. The maximum atomic E-state index is 12.2. The third-order valence-corrected chi connectivity index (χ3v) is 4.10. The second-order valence-electron chi connectivity index (χ2n) is 5.15. The van der Waals surface area contributed by atoms with Gasteiger partial charge in [0.05, 0.1) is 0 Å². The fourth-order valence-corrected chi connectivity index (χ4v) is 3.01. The molecule has 0 N–H and O–H groups in total. The Morgan fingerprint density at radius 2 is 1.32 bits per heavy atom. The lowest BCUT2D eigenvalue weighted by Gasteiger charge is -2.31. The smallest absolute Gasteiger partial charge is 0.345 e. The summed E-state index contributed by atoms with van der Waals surface area (Å²) in [5, 5.41) is 0. The number of aliphatic imine (C=N–C) groups is 1. The van der Waals surface area contributed by atoms with E-state index in [4.69, 9.17) is 23.2 Å². The fraction of sp³-hybridized carbons (Fsp3) is 0.846. The molecule has 2 amide bonds. The number of likely N-dealkylation sites (tertiary alicyclic amines) is 2. The van der Waals surface area contributed by atoms with Crippen LogP contribution < -0.4 is 0 Å². The molecule has 4 nitrogen and oxygen atoms in total. The van der Waals surface area contributed by atoms with E-state index in [2.05, 4.69) is 9.89 Å². The van der Waals surface area contributed by atoms with Crippen LogP contribution in [0, 0.1) is 0 Å². The molecule has 0 aromatic rings. The number of urea groups is 1. The number of alkyl halides is 2. The molecule has 0 spiro atoms. The Morgan fingerprint density at radius 1 is 0.842 bits per heavy atom. The van der Waals surface area contributed by atoms with Gasteiger partial charge in [-0.25, -0.2) is 4.79 Å². The molecule has 2 saturated heterocycles. The van der Waals surface area contributed by atoms with Gasteiger partial charge in [-0.2, -0.15) is 4.99 Å². The van der Waals surface area contributed by atoms with Gasteiger partial charge < -0.3 is 9.80 Å². The molecule has 0 radical (unpaired) electrons. The zero-order chi connectivity index (χ0) is 13.7. The highest BCUT2D eigenvalue weighted by Crippen LogP contribution is 2.17. The average molecular weight is 306 g/mol. The second-order valence-corrected chi connectivity index (χ2v) is 6.24. The molecule has 0 aliphatic carbocycles. The van der Waals surface area contributed by atoms with E-state index in [0.717, 1.165) is 51.9 Å². The zero-order valence-electron chi connectivity index (χ0n) is 11.2. The number of carbonyl (C=O) groups is 1. The van der Waals surface area contributed by atoms with E-state index in [1.165, 1.54) is 12.8 Å². The number of piperidine rings is 2. The summed E-state index contributed by atoms with van der Waals surface area (Å²) in [7, 11) is 0. The second kappa shape index (κ2) is 7.34. The summed E-state index contributed by atoms with van der Waals surface area (Å²) in [5.41, 5.74) is 0. The van der Waals surface area contributed by atoms with Crippen LogP contribution in [-0.4, -0.2) is 52.7 Å². The molecule has 0 bridgehead atoms. The normalized spacial score (nSPS) is 21.9. The summed E-state index contributed by atoms with van der Waals surface area (Å²) in [6.45, 7) is 3.37. The zero-order valence-corrected chi connectivity index (χ0v) is 12.7. The quantitative estimate of drug-likeness (QED) is 0.423. The summed E-state index contributed by atoms with van der Waals surface area (Å²) < 4.78 is 0. The van der Waals surface area contributed by atoms with Crippen LogP contribution in [0.15, 0.2) is 4.99 Å². The van der Waals surface area contributed by atoms with Crippen molar-refractivity contribution in [3.63, 3.8) is 0 Å². The molecular formula is C13H21Cl2N3O. The Morgan fingerprint density at radius 3 is 1.79 bits per heavy atom. The van der Waals surface area contributed by atoms with Crippen LogP contribution in [0.25, 0.3) is 0 Å². The Balaban J connectivity index is 2.03. The molecule has 2 rings (SSSR count). The number of amides is 2. The number of nitrogens with zero attached hydrogens (tertiary/aromatic N) is 3. The van der Waals surface area contributed by atoms with Crippen LogP contribution in [0.4, 0.5) is 4.79 Å². The fourth-order valence-electron chi connectivity index (χ4n) is 2.63. The minimum atomic E-state index is -0.730. The standard InChI is InChI=1S/C13H21Cl2N3O/c14-11(15)12(17-7-3-1-4-8-17)16-13(19)18-9-5-2-6-10-18/h11H,1-10H2. The monoisotopic (exact) mass is 305 g/mol. The van der Waals surface area contributed by atoms with Gasteiger partial charge in [-0.05, 0) is 38.5 Å². The number of amidine groups is 1. The molecule has 19 heavy (non-hydrogen) atoms. The molecule has 0 aromatic heterocycles. The topological polar surface area (TPSA) is 35.9 Å². The Labute approximate surface area is 124 Å².